The second-order valence-corrected chi connectivity index (χ2v) is 4.80. The van der Waals surface area contributed by atoms with E-state index in [1.54, 1.807) is 12.1 Å². The van der Waals surface area contributed by atoms with Crippen molar-refractivity contribution in [1.29, 1.82) is 0 Å². The molecule has 16 heavy (non-hydrogen) atoms. The summed E-state index contributed by atoms with van der Waals surface area (Å²) in [5.74, 6) is -1.01. The molecule has 0 heterocycles. The van der Waals surface area contributed by atoms with Crippen LogP contribution >= 0.6 is 0 Å². The lowest BCUT2D eigenvalue weighted by molar-refractivity contribution is -0.165. The predicted octanol–water partition coefficient (Wildman–Crippen LogP) is 1.86. The molecule has 0 saturated heterocycles. The third-order valence-corrected chi connectivity index (χ3v) is 4.15. The van der Waals surface area contributed by atoms with Crippen molar-refractivity contribution >= 4 is 5.97 Å². The number of fused-ring (bicyclic) bond motifs is 3. The smallest absolute Gasteiger partial charge is 0.340 e. The van der Waals surface area contributed by atoms with E-state index in [2.05, 4.69) is 0 Å². The number of hydrogen-bond acceptors (Lipinski definition) is 2. The maximum Gasteiger partial charge on any atom is 0.340 e. The molecule has 3 atom stereocenters. The molecule has 3 rings (SSSR count). The first kappa shape index (κ1) is 9.85. The molecule has 1 aromatic carbocycles. The molecular formula is C13H14O3. The van der Waals surface area contributed by atoms with Gasteiger partial charge in [-0.3, -0.25) is 0 Å². The summed E-state index contributed by atoms with van der Waals surface area (Å²) >= 11 is 0. The fraction of sp³-hybridized carbons (Fsp3) is 0.462. The standard InChI is InChI=1S/C13H14O3/c14-12(15)13(16)10-6-2-1-4-8(10)9-5-3-7-11(9)13/h1-2,4,6,9,11,16H,3,5,7H2,(H,14,15)/t9-,11+,13-/m0/s1. The van der Waals surface area contributed by atoms with Gasteiger partial charge >= 0.3 is 5.97 Å². The Morgan fingerprint density at radius 3 is 2.81 bits per heavy atom. The van der Waals surface area contributed by atoms with Crippen LogP contribution in [0.1, 0.15) is 36.3 Å². The molecule has 0 radical (unpaired) electrons. The van der Waals surface area contributed by atoms with Crippen LogP contribution in [0.3, 0.4) is 0 Å². The van der Waals surface area contributed by atoms with Crippen LogP contribution in [0.4, 0.5) is 0 Å². The van der Waals surface area contributed by atoms with Gasteiger partial charge in [-0.05, 0) is 29.9 Å². The van der Waals surface area contributed by atoms with E-state index in [4.69, 9.17) is 0 Å². The van der Waals surface area contributed by atoms with Crippen LogP contribution in [0.5, 0.6) is 0 Å². The molecule has 2 aliphatic rings. The molecule has 1 saturated carbocycles. The monoisotopic (exact) mass is 218 g/mol. The van der Waals surface area contributed by atoms with Crippen LogP contribution in [-0.4, -0.2) is 16.2 Å². The Bertz CT molecular complexity index is 454. The van der Waals surface area contributed by atoms with Crippen molar-refractivity contribution < 1.29 is 15.0 Å². The van der Waals surface area contributed by atoms with E-state index < -0.39 is 11.6 Å². The number of rotatable bonds is 1. The minimum atomic E-state index is -1.65. The zero-order valence-electron chi connectivity index (χ0n) is 8.89. The normalized spacial score (nSPS) is 35.8. The van der Waals surface area contributed by atoms with Crippen LogP contribution in [0, 0.1) is 5.92 Å². The number of hydrogen-bond donors (Lipinski definition) is 2. The molecule has 2 N–H and O–H groups in total. The Morgan fingerprint density at radius 2 is 2.06 bits per heavy atom. The zero-order valence-corrected chi connectivity index (χ0v) is 8.89. The predicted molar refractivity (Wildman–Crippen MR) is 58.1 cm³/mol. The summed E-state index contributed by atoms with van der Waals surface area (Å²) in [7, 11) is 0. The molecule has 3 nitrogen and oxygen atoms in total. The van der Waals surface area contributed by atoms with Gasteiger partial charge in [-0.15, -0.1) is 0 Å². The third kappa shape index (κ3) is 0.990. The molecule has 2 aliphatic carbocycles. The Morgan fingerprint density at radius 1 is 1.31 bits per heavy atom. The Hall–Kier alpha value is -1.35. The molecule has 3 heteroatoms. The zero-order chi connectivity index (χ0) is 11.3. The number of benzene rings is 1. The van der Waals surface area contributed by atoms with Crippen LogP contribution in [0.25, 0.3) is 0 Å². The number of carboxylic acids is 1. The second-order valence-electron chi connectivity index (χ2n) is 4.80. The van der Waals surface area contributed by atoms with Crippen molar-refractivity contribution in [2.45, 2.75) is 30.8 Å². The highest BCUT2D eigenvalue weighted by Gasteiger charge is 2.57. The van der Waals surface area contributed by atoms with E-state index in [1.165, 1.54) is 0 Å². The van der Waals surface area contributed by atoms with E-state index in [9.17, 15) is 15.0 Å². The van der Waals surface area contributed by atoms with Gasteiger partial charge in [0.15, 0.2) is 5.60 Å². The molecule has 1 aromatic rings. The van der Waals surface area contributed by atoms with E-state index in [0.717, 1.165) is 24.8 Å². The molecular weight excluding hydrogens is 204 g/mol. The molecule has 0 spiro atoms. The summed E-state index contributed by atoms with van der Waals surface area (Å²) in [5, 5.41) is 19.8. The Labute approximate surface area is 93.7 Å². The number of carboxylic acid groups (broad SMARTS) is 1. The summed E-state index contributed by atoms with van der Waals surface area (Å²) in [4.78, 5) is 11.4. The summed E-state index contributed by atoms with van der Waals surface area (Å²) in [6, 6.07) is 7.43. The summed E-state index contributed by atoms with van der Waals surface area (Å²) in [6.07, 6.45) is 2.82. The number of carbonyl (C=O) groups is 1. The van der Waals surface area contributed by atoms with Crippen molar-refractivity contribution in [3.05, 3.63) is 35.4 Å². The first-order valence-corrected chi connectivity index (χ1v) is 5.71. The van der Waals surface area contributed by atoms with Gasteiger partial charge in [0.25, 0.3) is 0 Å². The van der Waals surface area contributed by atoms with E-state index in [1.807, 2.05) is 12.1 Å². The lowest BCUT2D eigenvalue weighted by Gasteiger charge is -2.25. The minimum Gasteiger partial charge on any atom is -0.479 e. The average Bonchev–Trinajstić information content (AvgIpc) is 2.83. The maximum absolute atomic E-state index is 11.4. The van der Waals surface area contributed by atoms with Gasteiger partial charge in [-0.1, -0.05) is 30.7 Å². The molecule has 0 amide bonds. The molecule has 1 fully saturated rings. The first-order chi connectivity index (χ1) is 7.65. The maximum atomic E-state index is 11.4. The fourth-order valence-corrected chi connectivity index (χ4v) is 3.47. The van der Waals surface area contributed by atoms with Crippen molar-refractivity contribution in [1.82, 2.24) is 0 Å². The van der Waals surface area contributed by atoms with Crippen LogP contribution in [-0.2, 0) is 10.4 Å². The summed E-state index contributed by atoms with van der Waals surface area (Å²) < 4.78 is 0. The van der Waals surface area contributed by atoms with Crippen molar-refractivity contribution in [3.63, 3.8) is 0 Å². The van der Waals surface area contributed by atoms with Crippen molar-refractivity contribution in [2.75, 3.05) is 0 Å². The van der Waals surface area contributed by atoms with Gasteiger partial charge in [-0.2, -0.15) is 0 Å². The van der Waals surface area contributed by atoms with E-state index in [-0.39, 0.29) is 11.8 Å². The number of aliphatic carboxylic acids is 1. The lowest BCUT2D eigenvalue weighted by atomic mass is 9.85. The van der Waals surface area contributed by atoms with Gasteiger partial charge in [0.1, 0.15) is 0 Å². The highest BCUT2D eigenvalue weighted by Crippen LogP contribution is 2.56. The summed E-state index contributed by atoms with van der Waals surface area (Å²) in [5.41, 5.74) is -0.00954. The van der Waals surface area contributed by atoms with E-state index in [0.29, 0.717) is 5.56 Å². The van der Waals surface area contributed by atoms with Crippen molar-refractivity contribution in [3.8, 4) is 0 Å². The van der Waals surface area contributed by atoms with Gasteiger partial charge in [-0.25, -0.2) is 4.79 Å². The first-order valence-electron chi connectivity index (χ1n) is 5.71. The highest BCUT2D eigenvalue weighted by atomic mass is 16.4. The minimum absolute atomic E-state index is 0.137. The third-order valence-electron chi connectivity index (χ3n) is 4.15. The molecule has 0 aromatic heterocycles. The van der Waals surface area contributed by atoms with Gasteiger partial charge in [0, 0.05) is 5.92 Å². The van der Waals surface area contributed by atoms with E-state index >= 15 is 0 Å². The lowest BCUT2D eigenvalue weighted by Crippen LogP contribution is -2.39. The fourth-order valence-electron chi connectivity index (χ4n) is 3.47. The molecule has 84 valence electrons. The van der Waals surface area contributed by atoms with Crippen LogP contribution in [0.15, 0.2) is 24.3 Å². The molecule has 0 aliphatic heterocycles. The van der Waals surface area contributed by atoms with Gasteiger partial charge < -0.3 is 10.2 Å². The Kier molecular flexibility index (Phi) is 1.89. The topological polar surface area (TPSA) is 57.5 Å². The second kappa shape index (κ2) is 3.08. The average molecular weight is 218 g/mol. The summed E-state index contributed by atoms with van der Waals surface area (Å²) in [6.45, 7) is 0. The Balaban J connectivity index is 2.23. The van der Waals surface area contributed by atoms with Gasteiger partial charge in [0.05, 0.1) is 0 Å². The highest BCUT2D eigenvalue weighted by molar-refractivity contribution is 5.82. The molecule has 0 bridgehead atoms. The largest absolute Gasteiger partial charge is 0.479 e. The quantitative estimate of drug-likeness (QED) is 0.756. The van der Waals surface area contributed by atoms with Crippen molar-refractivity contribution in [2.24, 2.45) is 5.92 Å². The van der Waals surface area contributed by atoms with Crippen LogP contribution < -0.4 is 0 Å². The van der Waals surface area contributed by atoms with Crippen LogP contribution in [0.2, 0.25) is 0 Å². The SMILES string of the molecule is O=C(O)[C@]1(O)c2ccccc2[C@@H]2CCC[C@H]21. The van der Waals surface area contributed by atoms with Gasteiger partial charge in [0.2, 0.25) is 0 Å². The number of aliphatic hydroxyl groups is 1. The molecule has 0 unspecified atom stereocenters.